The maximum Gasteiger partial charge on any atom is 0.0713 e. The lowest BCUT2D eigenvalue weighted by Crippen LogP contribution is -2.28. The lowest BCUT2D eigenvalue weighted by Gasteiger charge is -2.34. The summed E-state index contributed by atoms with van der Waals surface area (Å²) in [5, 5.41) is 3.76. The number of rotatable bonds is 7. The predicted molar refractivity (Wildman–Crippen MR) is 236 cm³/mol. The average Bonchev–Trinajstić information content (AvgIpc) is 3.76. The minimum Gasteiger partial charge on any atom is -0.356 e. The van der Waals surface area contributed by atoms with Crippen molar-refractivity contribution in [2.45, 2.75) is 10.8 Å². The smallest absolute Gasteiger partial charge is 0.0713 e. The molecule has 9 aromatic rings. The third-order valence-corrected chi connectivity index (χ3v) is 12.4. The average molecular weight is 726 g/mol. The summed E-state index contributed by atoms with van der Waals surface area (Å²) in [5.41, 5.74) is 19.2. The molecule has 1 nitrogen and oxygen atoms in total. The minimum absolute atomic E-state index is 0.398. The fourth-order valence-electron chi connectivity index (χ4n) is 10.1. The molecule has 0 aliphatic heterocycles. The van der Waals surface area contributed by atoms with Gasteiger partial charge in [0.2, 0.25) is 0 Å². The second-order valence-electron chi connectivity index (χ2n) is 15.3. The Balaban J connectivity index is 0.971. The molecule has 2 aliphatic carbocycles. The van der Waals surface area contributed by atoms with Crippen molar-refractivity contribution >= 4 is 11.4 Å². The van der Waals surface area contributed by atoms with Gasteiger partial charge < -0.3 is 5.32 Å². The van der Waals surface area contributed by atoms with E-state index >= 15 is 0 Å². The summed E-state index contributed by atoms with van der Waals surface area (Å²) in [6.45, 7) is 0. The van der Waals surface area contributed by atoms with E-state index in [9.17, 15) is 0 Å². The topological polar surface area (TPSA) is 12.0 Å². The molecule has 0 unspecified atom stereocenters. The van der Waals surface area contributed by atoms with E-state index < -0.39 is 10.8 Å². The molecule has 2 aliphatic rings. The molecule has 0 saturated heterocycles. The highest BCUT2D eigenvalue weighted by Crippen LogP contribution is 2.58. The molecule has 0 bridgehead atoms. The number of anilines is 2. The quantitative estimate of drug-likeness (QED) is 0.172. The van der Waals surface area contributed by atoms with Crippen LogP contribution >= 0.6 is 0 Å². The van der Waals surface area contributed by atoms with Crippen molar-refractivity contribution in [1.82, 2.24) is 0 Å². The number of hydrogen-bond acceptors (Lipinski definition) is 1. The molecule has 1 N–H and O–H groups in total. The monoisotopic (exact) mass is 725 g/mol. The highest BCUT2D eigenvalue weighted by molar-refractivity contribution is 5.90. The van der Waals surface area contributed by atoms with Crippen LogP contribution in [0, 0.1) is 0 Å². The van der Waals surface area contributed by atoms with Crippen molar-refractivity contribution < 1.29 is 0 Å². The van der Waals surface area contributed by atoms with Crippen LogP contribution in [-0.2, 0) is 10.8 Å². The van der Waals surface area contributed by atoms with Crippen molar-refractivity contribution in [3.05, 3.63) is 275 Å². The second-order valence-corrected chi connectivity index (χ2v) is 15.3. The van der Waals surface area contributed by atoms with Crippen LogP contribution in [0.25, 0.3) is 33.4 Å². The summed E-state index contributed by atoms with van der Waals surface area (Å²) in [7, 11) is 0. The molecule has 0 heterocycles. The third kappa shape index (κ3) is 4.95. The number of nitrogens with one attached hydrogen (secondary N) is 1. The first kappa shape index (κ1) is 33.1. The molecular weight excluding hydrogens is 687 g/mol. The highest BCUT2D eigenvalue weighted by atomic mass is 14.9. The predicted octanol–water partition coefficient (Wildman–Crippen LogP) is 13.8. The molecule has 11 rings (SSSR count). The van der Waals surface area contributed by atoms with Crippen molar-refractivity contribution in [3.8, 4) is 33.4 Å². The van der Waals surface area contributed by atoms with E-state index in [1.165, 1.54) is 77.9 Å². The first-order valence-electron chi connectivity index (χ1n) is 19.8. The fraction of sp³-hybridized carbons (Fsp3) is 0.0357. The SMILES string of the molecule is c1ccc(C2(c3ccccc3)c3ccccc3-c3cc(Nc4ccc(-c5ccc6c(c5)C(c5ccccc5)(c5ccccc5)c5ccccc5-6)cc4)ccc32)cc1. The van der Waals surface area contributed by atoms with Gasteiger partial charge in [-0.25, -0.2) is 0 Å². The normalized spacial score (nSPS) is 13.9. The molecule has 0 radical (unpaired) electrons. The van der Waals surface area contributed by atoms with Crippen LogP contribution in [0.15, 0.2) is 231 Å². The lowest BCUT2D eigenvalue weighted by atomic mass is 9.67. The van der Waals surface area contributed by atoms with E-state index in [1.807, 2.05) is 0 Å². The third-order valence-electron chi connectivity index (χ3n) is 12.4. The van der Waals surface area contributed by atoms with E-state index in [-0.39, 0.29) is 0 Å². The van der Waals surface area contributed by atoms with Crippen molar-refractivity contribution in [2.24, 2.45) is 0 Å². The van der Waals surface area contributed by atoms with Gasteiger partial charge in [0.05, 0.1) is 10.8 Å². The van der Waals surface area contributed by atoms with E-state index in [1.54, 1.807) is 0 Å². The largest absolute Gasteiger partial charge is 0.356 e. The molecule has 0 saturated carbocycles. The van der Waals surface area contributed by atoms with Crippen LogP contribution in [0.4, 0.5) is 11.4 Å². The van der Waals surface area contributed by atoms with Gasteiger partial charge in [-0.3, -0.25) is 0 Å². The summed E-state index contributed by atoms with van der Waals surface area (Å²) in [5.74, 6) is 0. The first-order valence-corrected chi connectivity index (χ1v) is 19.8. The maximum atomic E-state index is 3.76. The van der Waals surface area contributed by atoms with Gasteiger partial charge in [-0.05, 0) is 108 Å². The van der Waals surface area contributed by atoms with Crippen molar-refractivity contribution in [1.29, 1.82) is 0 Å². The zero-order chi connectivity index (χ0) is 37.8. The van der Waals surface area contributed by atoms with E-state index in [2.05, 4.69) is 236 Å². The fourth-order valence-corrected chi connectivity index (χ4v) is 10.1. The maximum absolute atomic E-state index is 3.76. The Hall–Kier alpha value is -7.22. The molecule has 57 heavy (non-hydrogen) atoms. The van der Waals surface area contributed by atoms with Gasteiger partial charge in [-0.1, -0.05) is 200 Å². The van der Waals surface area contributed by atoms with Gasteiger partial charge in [0, 0.05) is 11.4 Å². The molecule has 268 valence electrons. The summed E-state index contributed by atoms with van der Waals surface area (Å²) in [6, 6.07) is 84.7. The van der Waals surface area contributed by atoms with E-state index in [0.29, 0.717) is 0 Å². The van der Waals surface area contributed by atoms with Gasteiger partial charge >= 0.3 is 0 Å². The molecule has 0 spiro atoms. The summed E-state index contributed by atoms with van der Waals surface area (Å²) in [6.07, 6.45) is 0. The van der Waals surface area contributed by atoms with Gasteiger partial charge in [0.15, 0.2) is 0 Å². The molecule has 1 heteroatoms. The van der Waals surface area contributed by atoms with E-state index in [0.717, 1.165) is 11.4 Å². The number of hydrogen-bond donors (Lipinski definition) is 1. The number of fused-ring (bicyclic) bond motifs is 6. The molecule has 0 amide bonds. The Bertz CT molecular complexity index is 2820. The van der Waals surface area contributed by atoms with Crippen LogP contribution in [0.2, 0.25) is 0 Å². The van der Waals surface area contributed by atoms with Gasteiger partial charge in [-0.15, -0.1) is 0 Å². The van der Waals surface area contributed by atoms with E-state index in [4.69, 9.17) is 0 Å². The van der Waals surface area contributed by atoms with Crippen LogP contribution in [0.1, 0.15) is 44.5 Å². The van der Waals surface area contributed by atoms with Crippen molar-refractivity contribution in [3.63, 3.8) is 0 Å². The standard InChI is InChI=1S/C56H39N/c1-5-17-41(18-6-1)55(42-19-7-2-8-20-42)52-28-16-14-26-48(52)50-38-46(34-36-53(50)55)57-45-32-29-39(30-33-45)40-31-35-49-47-25-13-15-27-51(47)56(54(49)37-40,43-21-9-3-10-22-43)44-23-11-4-12-24-44/h1-38,57H. The Morgan fingerprint density at radius 2 is 0.632 bits per heavy atom. The molecule has 9 aromatic carbocycles. The van der Waals surface area contributed by atoms with Gasteiger partial charge in [0.1, 0.15) is 0 Å². The zero-order valence-corrected chi connectivity index (χ0v) is 31.4. The Morgan fingerprint density at radius 3 is 1.16 bits per heavy atom. The second kappa shape index (κ2) is 13.2. The van der Waals surface area contributed by atoms with Crippen LogP contribution in [-0.4, -0.2) is 0 Å². The minimum atomic E-state index is -0.420. The van der Waals surface area contributed by atoms with Gasteiger partial charge in [-0.2, -0.15) is 0 Å². The summed E-state index contributed by atoms with van der Waals surface area (Å²) < 4.78 is 0. The Labute approximate surface area is 334 Å². The Morgan fingerprint density at radius 1 is 0.246 bits per heavy atom. The zero-order valence-electron chi connectivity index (χ0n) is 31.4. The molecule has 0 atom stereocenters. The highest BCUT2D eigenvalue weighted by Gasteiger charge is 2.47. The molecule has 0 aromatic heterocycles. The molecule has 0 fully saturated rings. The molecular formula is C56H39N. The van der Waals surface area contributed by atoms with Crippen LogP contribution in [0.5, 0.6) is 0 Å². The summed E-state index contributed by atoms with van der Waals surface area (Å²) >= 11 is 0. The van der Waals surface area contributed by atoms with Crippen LogP contribution < -0.4 is 5.32 Å². The Kier molecular flexibility index (Phi) is 7.69. The number of benzene rings is 9. The van der Waals surface area contributed by atoms with Crippen LogP contribution in [0.3, 0.4) is 0 Å². The lowest BCUT2D eigenvalue weighted by molar-refractivity contribution is 0.768. The first-order chi connectivity index (χ1) is 28.3. The summed E-state index contributed by atoms with van der Waals surface area (Å²) in [4.78, 5) is 0. The van der Waals surface area contributed by atoms with Crippen molar-refractivity contribution in [2.75, 3.05) is 5.32 Å². The van der Waals surface area contributed by atoms with Gasteiger partial charge in [0.25, 0.3) is 0 Å².